The van der Waals surface area contributed by atoms with Crippen LogP contribution in [0.15, 0.2) is 24.3 Å². The minimum Gasteiger partial charge on any atom is -0.385 e. The van der Waals surface area contributed by atoms with Gasteiger partial charge < -0.3 is 5.32 Å². The molecule has 0 radical (unpaired) electrons. The lowest BCUT2D eigenvalue weighted by molar-refractivity contribution is 0.607. The third kappa shape index (κ3) is 8.04. The molecular weight excluding hydrogens is 272 g/mol. The number of hydrogen-bond donors (Lipinski definition) is 2. The van der Waals surface area contributed by atoms with Crippen LogP contribution in [0.5, 0.6) is 0 Å². The number of anilines is 2. The standard InChI is InChI=1S/C15H26N2O2S/c1-3-4-5-6-7-8-13-16-14-9-11-15(12-10-14)17-20(2,18)19/h9-12,16-17H,3-8,13H2,1-2H3. The van der Waals surface area contributed by atoms with Crippen molar-refractivity contribution >= 4 is 21.4 Å². The maximum atomic E-state index is 11.1. The zero-order chi connectivity index (χ0) is 14.8. The molecule has 0 saturated carbocycles. The fourth-order valence-corrected chi connectivity index (χ4v) is 2.57. The summed E-state index contributed by atoms with van der Waals surface area (Å²) in [4.78, 5) is 0. The maximum Gasteiger partial charge on any atom is 0.229 e. The predicted octanol–water partition coefficient (Wildman–Crippen LogP) is 3.83. The van der Waals surface area contributed by atoms with E-state index in [-0.39, 0.29) is 0 Å². The molecule has 0 fully saturated rings. The molecule has 0 amide bonds. The van der Waals surface area contributed by atoms with Crippen LogP contribution in [0.25, 0.3) is 0 Å². The van der Waals surface area contributed by atoms with Crippen molar-refractivity contribution in [3.05, 3.63) is 24.3 Å². The second-order valence-electron chi connectivity index (χ2n) is 5.15. The molecule has 0 aliphatic heterocycles. The van der Waals surface area contributed by atoms with Crippen LogP contribution in [-0.4, -0.2) is 21.2 Å². The lowest BCUT2D eigenvalue weighted by atomic mass is 10.1. The molecule has 4 nitrogen and oxygen atoms in total. The Kier molecular flexibility index (Phi) is 7.44. The summed E-state index contributed by atoms with van der Waals surface area (Å²) >= 11 is 0. The van der Waals surface area contributed by atoms with Gasteiger partial charge in [0.1, 0.15) is 0 Å². The second kappa shape index (κ2) is 8.84. The van der Waals surface area contributed by atoms with E-state index in [0.717, 1.165) is 18.5 Å². The Bertz CT molecular complexity index is 469. The molecule has 1 aromatic rings. The van der Waals surface area contributed by atoms with E-state index in [4.69, 9.17) is 0 Å². The van der Waals surface area contributed by atoms with Crippen LogP contribution in [0.2, 0.25) is 0 Å². The highest BCUT2D eigenvalue weighted by Gasteiger charge is 2.01. The first-order chi connectivity index (χ1) is 9.51. The predicted molar refractivity (Wildman–Crippen MR) is 86.8 cm³/mol. The minimum absolute atomic E-state index is 0.595. The fraction of sp³-hybridized carbons (Fsp3) is 0.600. The van der Waals surface area contributed by atoms with Gasteiger partial charge in [-0.15, -0.1) is 0 Å². The lowest BCUT2D eigenvalue weighted by Gasteiger charge is -2.08. The molecular formula is C15H26N2O2S. The molecule has 2 N–H and O–H groups in total. The number of nitrogens with one attached hydrogen (secondary N) is 2. The Morgan fingerprint density at radius 3 is 2.05 bits per heavy atom. The summed E-state index contributed by atoms with van der Waals surface area (Å²) in [5.74, 6) is 0. The van der Waals surface area contributed by atoms with Gasteiger partial charge in [-0.05, 0) is 30.7 Å². The fourth-order valence-electron chi connectivity index (χ4n) is 2.01. The average Bonchev–Trinajstić information content (AvgIpc) is 2.38. The molecule has 0 unspecified atom stereocenters. The highest BCUT2D eigenvalue weighted by molar-refractivity contribution is 7.92. The summed E-state index contributed by atoms with van der Waals surface area (Å²) in [6, 6.07) is 7.32. The zero-order valence-electron chi connectivity index (χ0n) is 12.5. The van der Waals surface area contributed by atoms with E-state index >= 15 is 0 Å². The van der Waals surface area contributed by atoms with Crippen LogP contribution in [0.3, 0.4) is 0 Å². The number of hydrogen-bond acceptors (Lipinski definition) is 3. The van der Waals surface area contributed by atoms with Crippen molar-refractivity contribution in [3.63, 3.8) is 0 Å². The van der Waals surface area contributed by atoms with Gasteiger partial charge in [-0.25, -0.2) is 8.42 Å². The van der Waals surface area contributed by atoms with Gasteiger partial charge in [-0.3, -0.25) is 4.72 Å². The van der Waals surface area contributed by atoms with Crippen molar-refractivity contribution in [2.75, 3.05) is 22.8 Å². The van der Waals surface area contributed by atoms with Gasteiger partial charge in [0.2, 0.25) is 10.0 Å². The summed E-state index contributed by atoms with van der Waals surface area (Å²) in [6.07, 6.45) is 8.86. The van der Waals surface area contributed by atoms with E-state index in [0.29, 0.717) is 5.69 Å². The van der Waals surface area contributed by atoms with Gasteiger partial charge in [0.15, 0.2) is 0 Å². The van der Waals surface area contributed by atoms with E-state index < -0.39 is 10.0 Å². The molecule has 0 saturated heterocycles. The summed E-state index contributed by atoms with van der Waals surface area (Å²) in [5, 5.41) is 3.35. The Morgan fingerprint density at radius 1 is 0.900 bits per heavy atom. The Hall–Kier alpha value is -1.23. The van der Waals surface area contributed by atoms with Crippen LogP contribution < -0.4 is 10.0 Å². The van der Waals surface area contributed by atoms with Crippen molar-refractivity contribution in [1.82, 2.24) is 0 Å². The molecule has 1 rings (SSSR count). The topological polar surface area (TPSA) is 58.2 Å². The van der Waals surface area contributed by atoms with Gasteiger partial charge in [0.05, 0.1) is 6.26 Å². The van der Waals surface area contributed by atoms with E-state index in [1.807, 2.05) is 12.1 Å². The van der Waals surface area contributed by atoms with Crippen molar-refractivity contribution < 1.29 is 8.42 Å². The lowest BCUT2D eigenvalue weighted by Crippen LogP contribution is -2.09. The monoisotopic (exact) mass is 298 g/mol. The number of rotatable bonds is 10. The van der Waals surface area contributed by atoms with Gasteiger partial charge in [0, 0.05) is 17.9 Å². The van der Waals surface area contributed by atoms with Crippen LogP contribution in [0, 0.1) is 0 Å². The molecule has 1 aromatic carbocycles. The summed E-state index contributed by atoms with van der Waals surface area (Å²) in [6.45, 7) is 3.19. The molecule has 0 atom stereocenters. The molecule has 0 aliphatic carbocycles. The third-order valence-corrected chi connectivity index (χ3v) is 3.65. The summed E-state index contributed by atoms with van der Waals surface area (Å²) < 4.78 is 24.6. The molecule has 114 valence electrons. The molecule has 5 heteroatoms. The van der Waals surface area contributed by atoms with E-state index in [2.05, 4.69) is 17.0 Å². The maximum absolute atomic E-state index is 11.1. The minimum atomic E-state index is -3.19. The highest BCUT2D eigenvalue weighted by atomic mass is 32.2. The first-order valence-electron chi connectivity index (χ1n) is 7.33. The normalized spacial score (nSPS) is 11.3. The van der Waals surface area contributed by atoms with Gasteiger partial charge in [0.25, 0.3) is 0 Å². The smallest absolute Gasteiger partial charge is 0.229 e. The van der Waals surface area contributed by atoms with Crippen LogP contribution in [0.4, 0.5) is 11.4 Å². The largest absolute Gasteiger partial charge is 0.385 e. The summed E-state index contributed by atoms with van der Waals surface area (Å²) in [7, 11) is -3.19. The number of benzene rings is 1. The van der Waals surface area contributed by atoms with Gasteiger partial charge in [-0.1, -0.05) is 39.0 Å². The SMILES string of the molecule is CCCCCCCCNc1ccc(NS(C)(=O)=O)cc1. The molecule has 0 spiro atoms. The summed E-state index contributed by atoms with van der Waals surface area (Å²) in [5.41, 5.74) is 1.62. The zero-order valence-corrected chi connectivity index (χ0v) is 13.3. The molecule has 0 aliphatic rings. The van der Waals surface area contributed by atoms with Gasteiger partial charge >= 0.3 is 0 Å². The van der Waals surface area contributed by atoms with Crippen LogP contribution >= 0.6 is 0 Å². The van der Waals surface area contributed by atoms with Crippen LogP contribution in [-0.2, 0) is 10.0 Å². The van der Waals surface area contributed by atoms with E-state index in [9.17, 15) is 8.42 Å². The Balaban J connectivity index is 2.21. The highest BCUT2D eigenvalue weighted by Crippen LogP contribution is 2.14. The van der Waals surface area contributed by atoms with Crippen molar-refractivity contribution in [2.24, 2.45) is 0 Å². The van der Waals surface area contributed by atoms with Crippen molar-refractivity contribution in [3.8, 4) is 0 Å². The molecule has 0 heterocycles. The van der Waals surface area contributed by atoms with E-state index in [1.54, 1.807) is 12.1 Å². The van der Waals surface area contributed by atoms with Crippen molar-refractivity contribution in [1.29, 1.82) is 0 Å². The third-order valence-electron chi connectivity index (χ3n) is 3.05. The average molecular weight is 298 g/mol. The second-order valence-corrected chi connectivity index (χ2v) is 6.89. The number of sulfonamides is 1. The molecule has 0 bridgehead atoms. The molecule has 0 aromatic heterocycles. The van der Waals surface area contributed by atoms with Gasteiger partial charge in [-0.2, -0.15) is 0 Å². The molecule has 20 heavy (non-hydrogen) atoms. The Morgan fingerprint density at radius 2 is 1.45 bits per heavy atom. The number of unbranched alkanes of at least 4 members (excludes halogenated alkanes) is 5. The quantitative estimate of drug-likeness (QED) is 0.645. The van der Waals surface area contributed by atoms with Crippen LogP contribution in [0.1, 0.15) is 45.4 Å². The first kappa shape index (κ1) is 16.8. The Labute approximate surface area is 123 Å². The first-order valence-corrected chi connectivity index (χ1v) is 9.22. The van der Waals surface area contributed by atoms with E-state index in [1.165, 1.54) is 38.5 Å². The van der Waals surface area contributed by atoms with Crippen molar-refractivity contribution in [2.45, 2.75) is 45.4 Å².